The molecule has 4 nitrogen and oxygen atoms in total. The van der Waals surface area contributed by atoms with Crippen LogP contribution in [0.4, 0.5) is 5.82 Å². The lowest BCUT2D eigenvalue weighted by atomic mass is 10.2. The maximum Gasteiger partial charge on any atom is 0.177 e. The SMILES string of the molecule is CC(N)CNc1noc2cc(Br)ccc12. The second-order valence-electron chi connectivity index (χ2n) is 3.53. The van der Waals surface area contributed by atoms with Gasteiger partial charge in [-0.25, -0.2) is 0 Å². The standard InChI is InChI=1S/C10H12BrN3O/c1-6(12)5-13-10-8-3-2-7(11)4-9(8)15-14-10/h2-4,6H,5,12H2,1H3,(H,13,14). The molecule has 1 aromatic carbocycles. The van der Waals surface area contributed by atoms with E-state index in [2.05, 4.69) is 26.4 Å². The Morgan fingerprint density at radius 3 is 3.13 bits per heavy atom. The first-order valence-electron chi connectivity index (χ1n) is 4.71. The van der Waals surface area contributed by atoms with Crippen molar-refractivity contribution in [2.75, 3.05) is 11.9 Å². The molecule has 0 aliphatic rings. The molecule has 0 saturated carbocycles. The van der Waals surface area contributed by atoms with Gasteiger partial charge >= 0.3 is 0 Å². The fourth-order valence-corrected chi connectivity index (χ4v) is 1.64. The highest BCUT2D eigenvalue weighted by molar-refractivity contribution is 9.10. The molecule has 1 unspecified atom stereocenters. The van der Waals surface area contributed by atoms with Gasteiger partial charge in [-0.2, -0.15) is 0 Å². The van der Waals surface area contributed by atoms with Crippen molar-refractivity contribution in [2.45, 2.75) is 13.0 Å². The van der Waals surface area contributed by atoms with Gasteiger partial charge in [-0.1, -0.05) is 21.1 Å². The summed E-state index contributed by atoms with van der Waals surface area (Å²) >= 11 is 3.38. The number of nitrogens with two attached hydrogens (primary N) is 1. The Kier molecular flexibility index (Phi) is 2.93. The summed E-state index contributed by atoms with van der Waals surface area (Å²) in [5.41, 5.74) is 6.41. The van der Waals surface area contributed by atoms with E-state index in [4.69, 9.17) is 10.3 Å². The first-order chi connectivity index (χ1) is 7.16. The Hall–Kier alpha value is -1.07. The average molecular weight is 270 g/mol. The van der Waals surface area contributed by atoms with Crippen LogP contribution < -0.4 is 11.1 Å². The summed E-state index contributed by atoms with van der Waals surface area (Å²) in [6.07, 6.45) is 0. The van der Waals surface area contributed by atoms with Crippen LogP contribution in [0.1, 0.15) is 6.92 Å². The summed E-state index contributed by atoms with van der Waals surface area (Å²) < 4.78 is 6.16. The molecule has 1 heterocycles. The quantitative estimate of drug-likeness (QED) is 0.898. The largest absolute Gasteiger partial charge is 0.365 e. The van der Waals surface area contributed by atoms with Crippen molar-refractivity contribution < 1.29 is 4.52 Å². The van der Waals surface area contributed by atoms with Gasteiger partial charge in [-0.15, -0.1) is 0 Å². The maximum atomic E-state index is 5.65. The molecule has 0 aliphatic carbocycles. The molecule has 15 heavy (non-hydrogen) atoms. The maximum absolute atomic E-state index is 5.65. The normalized spacial score (nSPS) is 13.0. The van der Waals surface area contributed by atoms with Gasteiger partial charge in [0.05, 0.1) is 5.39 Å². The number of benzene rings is 1. The summed E-state index contributed by atoms with van der Waals surface area (Å²) in [6, 6.07) is 5.89. The Bertz CT molecular complexity index is 467. The second kappa shape index (κ2) is 4.20. The van der Waals surface area contributed by atoms with E-state index in [0.29, 0.717) is 6.54 Å². The number of anilines is 1. The topological polar surface area (TPSA) is 64.1 Å². The predicted molar refractivity (Wildman–Crippen MR) is 63.8 cm³/mol. The molecule has 0 amide bonds. The molecule has 0 saturated heterocycles. The van der Waals surface area contributed by atoms with Crippen LogP contribution >= 0.6 is 15.9 Å². The molecule has 2 aromatic rings. The summed E-state index contributed by atoms with van der Waals surface area (Å²) in [4.78, 5) is 0. The van der Waals surface area contributed by atoms with Gasteiger partial charge in [0.2, 0.25) is 0 Å². The van der Waals surface area contributed by atoms with Crippen molar-refractivity contribution >= 4 is 32.7 Å². The summed E-state index contributed by atoms with van der Waals surface area (Å²) in [5, 5.41) is 8.06. The fourth-order valence-electron chi connectivity index (χ4n) is 1.30. The molecule has 1 aromatic heterocycles. The predicted octanol–water partition coefficient (Wildman–Crippen LogP) is 2.35. The number of nitrogens with zero attached hydrogens (tertiary/aromatic N) is 1. The van der Waals surface area contributed by atoms with Crippen molar-refractivity contribution in [2.24, 2.45) is 5.73 Å². The highest BCUT2D eigenvalue weighted by Gasteiger charge is 2.07. The number of nitrogens with one attached hydrogen (secondary N) is 1. The third kappa shape index (κ3) is 2.30. The van der Waals surface area contributed by atoms with Crippen LogP contribution in [0.5, 0.6) is 0 Å². The van der Waals surface area contributed by atoms with E-state index >= 15 is 0 Å². The van der Waals surface area contributed by atoms with Gasteiger partial charge < -0.3 is 15.6 Å². The van der Waals surface area contributed by atoms with Gasteiger partial charge in [-0.05, 0) is 25.1 Å². The van der Waals surface area contributed by atoms with E-state index in [1.165, 1.54) is 0 Å². The van der Waals surface area contributed by atoms with E-state index in [9.17, 15) is 0 Å². The molecule has 0 fully saturated rings. The molecule has 80 valence electrons. The van der Waals surface area contributed by atoms with Gasteiger partial charge in [-0.3, -0.25) is 0 Å². The van der Waals surface area contributed by atoms with Gasteiger partial charge in [0.1, 0.15) is 0 Å². The Morgan fingerprint density at radius 1 is 1.60 bits per heavy atom. The van der Waals surface area contributed by atoms with Crippen molar-refractivity contribution in [3.8, 4) is 0 Å². The lowest BCUT2D eigenvalue weighted by Crippen LogP contribution is -2.25. The monoisotopic (exact) mass is 269 g/mol. The molecule has 0 spiro atoms. The van der Waals surface area contributed by atoms with Gasteiger partial charge in [0, 0.05) is 17.1 Å². The Morgan fingerprint density at radius 2 is 2.40 bits per heavy atom. The van der Waals surface area contributed by atoms with Gasteiger partial charge in [0.25, 0.3) is 0 Å². The number of halogens is 1. The Labute approximate surface area is 95.9 Å². The molecule has 0 aliphatic heterocycles. The molecule has 5 heteroatoms. The number of fused-ring (bicyclic) bond motifs is 1. The molecular formula is C10H12BrN3O. The highest BCUT2D eigenvalue weighted by atomic mass is 79.9. The lowest BCUT2D eigenvalue weighted by Gasteiger charge is -2.05. The minimum absolute atomic E-state index is 0.0900. The van der Waals surface area contributed by atoms with Crippen molar-refractivity contribution in [1.29, 1.82) is 0 Å². The summed E-state index contributed by atoms with van der Waals surface area (Å²) in [7, 11) is 0. The Balaban J connectivity index is 2.29. The zero-order chi connectivity index (χ0) is 10.8. The zero-order valence-electron chi connectivity index (χ0n) is 8.33. The third-order valence-corrected chi connectivity index (χ3v) is 2.52. The molecule has 3 N–H and O–H groups in total. The third-order valence-electron chi connectivity index (χ3n) is 2.03. The molecule has 1 atom stereocenters. The molecule has 2 rings (SSSR count). The van der Waals surface area contributed by atoms with Crippen molar-refractivity contribution in [1.82, 2.24) is 5.16 Å². The summed E-state index contributed by atoms with van der Waals surface area (Å²) in [5.74, 6) is 0.745. The number of hydrogen-bond acceptors (Lipinski definition) is 4. The molecule has 0 bridgehead atoms. The van der Waals surface area contributed by atoms with E-state index in [1.807, 2.05) is 25.1 Å². The fraction of sp³-hybridized carbons (Fsp3) is 0.300. The van der Waals surface area contributed by atoms with E-state index in [1.54, 1.807) is 0 Å². The first kappa shape index (κ1) is 10.4. The highest BCUT2D eigenvalue weighted by Crippen LogP contribution is 2.25. The number of rotatable bonds is 3. The molecular weight excluding hydrogens is 258 g/mol. The number of hydrogen-bond donors (Lipinski definition) is 2. The summed E-state index contributed by atoms with van der Waals surface area (Å²) in [6.45, 7) is 2.61. The first-order valence-corrected chi connectivity index (χ1v) is 5.50. The van der Waals surface area contributed by atoms with Crippen LogP contribution in [-0.4, -0.2) is 17.7 Å². The molecule has 0 radical (unpaired) electrons. The lowest BCUT2D eigenvalue weighted by molar-refractivity contribution is 0.459. The van der Waals surface area contributed by atoms with Crippen molar-refractivity contribution in [3.05, 3.63) is 22.7 Å². The second-order valence-corrected chi connectivity index (χ2v) is 4.45. The van der Waals surface area contributed by atoms with Gasteiger partial charge in [0.15, 0.2) is 11.4 Å². The van der Waals surface area contributed by atoms with E-state index in [0.717, 1.165) is 21.3 Å². The number of aromatic nitrogens is 1. The van der Waals surface area contributed by atoms with Crippen LogP contribution in [0.15, 0.2) is 27.2 Å². The van der Waals surface area contributed by atoms with E-state index in [-0.39, 0.29) is 6.04 Å². The van der Waals surface area contributed by atoms with E-state index < -0.39 is 0 Å². The average Bonchev–Trinajstić information content (AvgIpc) is 2.57. The van der Waals surface area contributed by atoms with Crippen LogP contribution in [0.25, 0.3) is 11.0 Å². The van der Waals surface area contributed by atoms with Crippen molar-refractivity contribution in [3.63, 3.8) is 0 Å². The minimum Gasteiger partial charge on any atom is -0.365 e. The van der Waals surface area contributed by atoms with Crippen LogP contribution in [0.3, 0.4) is 0 Å². The van der Waals surface area contributed by atoms with Crippen LogP contribution in [0.2, 0.25) is 0 Å². The van der Waals surface area contributed by atoms with Crippen LogP contribution in [-0.2, 0) is 0 Å². The smallest absolute Gasteiger partial charge is 0.177 e. The van der Waals surface area contributed by atoms with Crippen LogP contribution in [0, 0.1) is 0 Å². The zero-order valence-corrected chi connectivity index (χ0v) is 9.91. The minimum atomic E-state index is 0.0900.